The lowest BCUT2D eigenvalue weighted by atomic mass is 10.1. The van der Waals surface area contributed by atoms with Crippen molar-refractivity contribution in [1.29, 1.82) is 5.26 Å². The van der Waals surface area contributed by atoms with E-state index >= 15 is 0 Å². The lowest BCUT2D eigenvalue weighted by molar-refractivity contribution is -0.112. The molecule has 3 aromatic rings. The molecule has 0 aliphatic rings. The molecule has 1 aromatic heterocycles. The second-order valence-corrected chi connectivity index (χ2v) is 10.6. The SMILES string of the molecule is CCOc1cc(/C=C(/C#N)C(=O)Nc2nc(S(C)(=O)=O)ns2)ccc1OCCOc1cc(C)cc(C)c1. The largest absolute Gasteiger partial charge is 0.490 e. The summed E-state index contributed by atoms with van der Waals surface area (Å²) in [6.45, 7) is 6.84. The first-order valence-electron chi connectivity index (χ1n) is 11.2. The van der Waals surface area contributed by atoms with Crippen LogP contribution in [-0.4, -0.2) is 49.8 Å². The number of hydrogen-bond donors (Lipinski definition) is 1. The van der Waals surface area contributed by atoms with Gasteiger partial charge in [-0.2, -0.15) is 14.6 Å². The molecule has 1 heterocycles. The number of carbonyl (C=O) groups excluding carboxylic acids is 1. The zero-order valence-corrected chi connectivity index (χ0v) is 22.4. The molecule has 0 fully saturated rings. The van der Waals surface area contributed by atoms with Crippen molar-refractivity contribution < 1.29 is 27.4 Å². The zero-order chi connectivity index (χ0) is 27.0. The number of nitriles is 1. The molecule has 194 valence electrons. The third-order valence-corrected chi connectivity index (χ3v) is 6.30. The van der Waals surface area contributed by atoms with Crippen LogP contribution in [0.1, 0.15) is 23.6 Å². The summed E-state index contributed by atoms with van der Waals surface area (Å²) in [4.78, 5) is 16.3. The molecule has 0 radical (unpaired) electrons. The Hall–Kier alpha value is -3.95. The molecule has 0 atom stereocenters. The number of rotatable bonds is 11. The van der Waals surface area contributed by atoms with Crippen LogP contribution in [0.3, 0.4) is 0 Å². The number of benzene rings is 2. The Morgan fingerprint density at radius 1 is 1.08 bits per heavy atom. The number of amides is 1. The number of hydrogen-bond acceptors (Lipinski definition) is 10. The normalized spacial score (nSPS) is 11.5. The van der Waals surface area contributed by atoms with Crippen LogP contribution in [0.15, 0.2) is 47.1 Å². The Morgan fingerprint density at radius 3 is 2.41 bits per heavy atom. The van der Waals surface area contributed by atoms with E-state index in [0.717, 1.165) is 23.1 Å². The van der Waals surface area contributed by atoms with Gasteiger partial charge in [0, 0.05) is 17.8 Å². The first-order valence-corrected chi connectivity index (χ1v) is 13.8. The van der Waals surface area contributed by atoms with Gasteiger partial charge < -0.3 is 14.2 Å². The summed E-state index contributed by atoms with van der Waals surface area (Å²) in [7, 11) is -3.61. The number of sulfone groups is 1. The van der Waals surface area contributed by atoms with E-state index < -0.39 is 20.9 Å². The second-order valence-electron chi connectivity index (χ2n) is 7.94. The van der Waals surface area contributed by atoms with Gasteiger partial charge in [-0.25, -0.2) is 8.42 Å². The van der Waals surface area contributed by atoms with E-state index in [1.165, 1.54) is 6.08 Å². The van der Waals surface area contributed by atoms with Gasteiger partial charge >= 0.3 is 0 Å². The molecule has 0 bridgehead atoms. The number of anilines is 1. The van der Waals surface area contributed by atoms with E-state index in [0.29, 0.717) is 41.8 Å². The van der Waals surface area contributed by atoms with Crippen LogP contribution in [0.2, 0.25) is 0 Å². The molecule has 2 aromatic carbocycles. The second kappa shape index (κ2) is 12.3. The topological polar surface area (TPSA) is 140 Å². The number of aromatic nitrogens is 2. The summed E-state index contributed by atoms with van der Waals surface area (Å²) < 4.78 is 44.0. The Balaban J connectivity index is 1.68. The van der Waals surface area contributed by atoms with Gasteiger partial charge in [-0.15, -0.1) is 0 Å². The van der Waals surface area contributed by atoms with Gasteiger partial charge in [0.1, 0.15) is 30.6 Å². The smallest absolute Gasteiger partial charge is 0.268 e. The van der Waals surface area contributed by atoms with Crippen molar-refractivity contribution in [2.24, 2.45) is 0 Å². The van der Waals surface area contributed by atoms with E-state index in [1.807, 2.05) is 39.0 Å². The highest BCUT2D eigenvalue weighted by atomic mass is 32.2. The molecule has 0 saturated carbocycles. The Labute approximate surface area is 219 Å². The quantitative estimate of drug-likeness (QED) is 0.216. The molecule has 1 N–H and O–H groups in total. The highest BCUT2D eigenvalue weighted by molar-refractivity contribution is 7.90. The molecule has 3 rings (SSSR count). The Morgan fingerprint density at radius 2 is 1.78 bits per heavy atom. The highest BCUT2D eigenvalue weighted by Gasteiger charge is 2.18. The molecular weight excluding hydrogens is 516 g/mol. The minimum absolute atomic E-state index is 0.0339. The van der Waals surface area contributed by atoms with Gasteiger partial charge in [-0.05, 0) is 67.8 Å². The van der Waals surface area contributed by atoms with Gasteiger partial charge in [-0.1, -0.05) is 12.1 Å². The highest BCUT2D eigenvalue weighted by Crippen LogP contribution is 2.29. The maximum atomic E-state index is 12.5. The molecule has 1 amide bonds. The van der Waals surface area contributed by atoms with E-state index in [9.17, 15) is 18.5 Å². The minimum atomic E-state index is -3.61. The lowest BCUT2D eigenvalue weighted by Crippen LogP contribution is -2.13. The van der Waals surface area contributed by atoms with Crippen molar-refractivity contribution in [2.45, 2.75) is 25.9 Å². The van der Waals surface area contributed by atoms with Gasteiger partial charge in [0.2, 0.25) is 15.0 Å². The molecule has 0 aliphatic carbocycles. The monoisotopic (exact) mass is 542 g/mol. The average molecular weight is 543 g/mol. The summed E-state index contributed by atoms with van der Waals surface area (Å²) in [5.74, 6) is 0.964. The van der Waals surface area contributed by atoms with Crippen molar-refractivity contribution in [3.05, 3.63) is 58.7 Å². The fraction of sp³-hybridized carbons (Fsp3) is 0.280. The number of nitrogens with one attached hydrogen (secondary N) is 1. The number of carbonyl (C=O) groups is 1. The number of nitrogens with zero attached hydrogens (tertiary/aromatic N) is 3. The van der Waals surface area contributed by atoms with Crippen molar-refractivity contribution in [2.75, 3.05) is 31.4 Å². The van der Waals surface area contributed by atoms with Crippen LogP contribution >= 0.6 is 11.5 Å². The van der Waals surface area contributed by atoms with Crippen LogP contribution in [0, 0.1) is 25.2 Å². The minimum Gasteiger partial charge on any atom is -0.490 e. The van der Waals surface area contributed by atoms with Gasteiger partial charge in [-0.3, -0.25) is 10.1 Å². The summed E-state index contributed by atoms with van der Waals surface area (Å²) >= 11 is 0.704. The van der Waals surface area contributed by atoms with Crippen LogP contribution in [0.4, 0.5) is 5.13 Å². The fourth-order valence-corrected chi connectivity index (χ4v) is 4.66. The third kappa shape index (κ3) is 8.03. The summed E-state index contributed by atoms with van der Waals surface area (Å²) in [6, 6.07) is 12.8. The standard InChI is InChI=1S/C25H26N4O6S2/c1-5-33-22-14-18(6-7-21(22)35-9-8-34-20-11-16(2)10-17(3)12-20)13-19(15-26)23(30)27-24-28-25(29-36-24)37(4,31)32/h6-7,10-14H,5,8-9H2,1-4H3,(H,27,28,29,30)/b19-13-. The summed E-state index contributed by atoms with van der Waals surface area (Å²) in [6.07, 6.45) is 2.34. The first-order chi connectivity index (χ1) is 17.6. The fourth-order valence-electron chi connectivity index (χ4n) is 3.22. The molecule has 0 spiro atoms. The molecule has 0 unspecified atom stereocenters. The Bertz CT molecular complexity index is 1440. The molecule has 0 saturated heterocycles. The van der Waals surface area contributed by atoms with E-state index in [4.69, 9.17) is 14.2 Å². The van der Waals surface area contributed by atoms with Gasteiger partial charge in [0.25, 0.3) is 11.1 Å². The van der Waals surface area contributed by atoms with E-state index in [-0.39, 0.29) is 17.3 Å². The maximum Gasteiger partial charge on any atom is 0.268 e. The summed E-state index contributed by atoms with van der Waals surface area (Å²) in [5.41, 5.74) is 2.55. The van der Waals surface area contributed by atoms with Crippen molar-refractivity contribution >= 4 is 38.5 Å². The predicted octanol–water partition coefficient (Wildman–Crippen LogP) is 3.96. The van der Waals surface area contributed by atoms with Crippen LogP contribution in [0.25, 0.3) is 6.08 Å². The molecule has 10 nitrogen and oxygen atoms in total. The van der Waals surface area contributed by atoms with Crippen LogP contribution in [-0.2, 0) is 14.6 Å². The third-order valence-electron chi connectivity index (χ3n) is 4.71. The first kappa shape index (κ1) is 27.6. The summed E-state index contributed by atoms with van der Waals surface area (Å²) in [5, 5.41) is 11.5. The Kier molecular flexibility index (Phi) is 9.21. The lowest BCUT2D eigenvalue weighted by Gasteiger charge is -2.13. The van der Waals surface area contributed by atoms with Crippen LogP contribution < -0.4 is 19.5 Å². The van der Waals surface area contributed by atoms with Gasteiger partial charge in [0.05, 0.1) is 6.61 Å². The maximum absolute atomic E-state index is 12.5. The van der Waals surface area contributed by atoms with E-state index in [2.05, 4.69) is 20.7 Å². The van der Waals surface area contributed by atoms with Crippen molar-refractivity contribution in [3.8, 4) is 23.3 Å². The number of ether oxygens (including phenoxy) is 3. The molecular formula is C25H26N4O6S2. The van der Waals surface area contributed by atoms with E-state index in [1.54, 1.807) is 18.2 Å². The van der Waals surface area contributed by atoms with Gasteiger partial charge in [0.15, 0.2) is 11.5 Å². The zero-order valence-electron chi connectivity index (χ0n) is 20.8. The molecule has 37 heavy (non-hydrogen) atoms. The molecule has 0 aliphatic heterocycles. The average Bonchev–Trinajstić information content (AvgIpc) is 3.30. The van der Waals surface area contributed by atoms with Crippen molar-refractivity contribution in [1.82, 2.24) is 9.36 Å². The van der Waals surface area contributed by atoms with Crippen LogP contribution in [0.5, 0.6) is 17.2 Å². The number of aryl methyl sites for hydroxylation is 2. The van der Waals surface area contributed by atoms with Crippen molar-refractivity contribution in [3.63, 3.8) is 0 Å². The molecule has 12 heteroatoms. The predicted molar refractivity (Wildman–Crippen MR) is 140 cm³/mol.